The molecule has 0 unspecified atom stereocenters. The van der Waals surface area contributed by atoms with Crippen LogP contribution in [-0.4, -0.2) is 19.2 Å². The molecule has 0 atom stereocenters. The van der Waals surface area contributed by atoms with Crippen molar-refractivity contribution in [3.05, 3.63) is 60.7 Å². The van der Waals surface area contributed by atoms with Gasteiger partial charge in [-0.1, -0.05) is 30.3 Å². The molecule has 3 aromatic carbocycles. The first kappa shape index (κ1) is 13.7. The van der Waals surface area contributed by atoms with Gasteiger partial charge in [0, 0.05) is 22.4 Å². The largest absolute Gasteiger partial charge is 0.497 e. The molecule has 0 saturated carbocycles. The van der Waals surface area contributed by atoms with E-state index in [2.05, 4.69) is 41.4 Å². The van der Waals surface area contributed by atoms with Gasteiger partial charge in [0.1, 0.15) is 11.5 Å². The molecule has 1 heterocycles. The van der Waals surface area contributed by atoms with Crippen molar-refractivity contribution >= 4 is 21.8 Å². The predicted octanol–water partition coefficient (Wildman–Crippen LogP) is 5.01. The second-order valence-corrected chi connectivity index (χ2v) is 5.49. The van der Waals surface area contributed by atoms with Crippen LogP contribution < -0.4 is 9.47 Å². The van der Waals surface area contributed by atoms with Gasteiger partial charge >= 0.3 is 0 Å². The van der Waals surface area contributed by atoms with Gasteiger partial charge in [-0.25, -0.2) is 0 Å². The lowest BCUT2D eigenvalue weighted by molar-refractivity contribution is 0.415. The lowest BCUT2D eigenvalue weighted by Gasteiger charge is -2.05. The molecule has 1 aromatic heterocycles. The summed E-state index contributed by atoms with van der Waals surface area (Å²) in [7, 11) is 3.37. The van der Waals surface area contributed by atoms with Crippen molar-refractivity contribution in [3.63, 3.8) is 0 Å². The molecule has 0 amide bonds. The standard InChI is InChI=1S/C20H17NO2/c1-22-14-8-6-13(7-9-14)16-4-3-5-18-17-11-10-15(23-2)12-19(17)21-20(16)18/h3-12,21H,1-2H3. The zero-order valence-corrected chi connectivity index (χ0v) is 13.1. The Balaban J connectivity index is 1.95. The molecule has 0 aliphatic heterocycles. The molecule has 0 aliphatic rings. The summed E-state index contributed by atoms with van der Waals surface area (Å²) < 4.78 is 10.6. The van der Waals surface area contributed by atoms with Crippen LogP contribution in [0.15, 0.2) is 60.7 Å². The molecule has 0 fully saturated rings. The molecule has 0 aliphatic carbocycles. The van der Waals surface area contributed by atoms with E-state index < -0.39 is 0 Å². The number of para-hydroxylation sites is 1. The molecule has 1 N–H and O–H groups in total. The maximum Gasteiger partial charge on any atom is 0.120 e. The molecule has 0 spiro atoms. The van der Waals surface area contributed by atoms with Crippen LogP contribution in [0.1, 0.15) is 0 Å². The van der Waals surface area contributed by atoms with Crippen LogP contribution in [0.5, 0.6) is 11.5 Å². The number of rotatable bonds is 3. The van der Waals surface area contributed by atoms with Crippen LogP contribution in [0.2, 0.25) is 0 Å². The van der Waals surface area contributed by atoms with E-state index in [0.717, 1.165) is 28.1 Å². The van der Waals surface area contributed by atoms with Gasteiger partial charge in [-0.05, 0) is 29.8 Å². The van der Waals surface area contributed by atoms with Crippen LogP contribution in [-0.2, 0) is 0 Å². The number of benzene rings is 3. The number of fused-ring (bicyclic) bond motifs is 3. The highest BCUT2D eigenvalue weighted by Gasteiger charge is 2.10. The number of methoxy groups -OCH3 is 2. The van der Waals surface area contributed by atoms with Crippen LogP contribution in [0, 0.1) is 0 Å². The van der Waals surface area contributed by atoms with E-state index in [1.54, 1.807) is 14.2 Å². The van der Waals surface area contributed by atoms with E-state index in [1.807, 2.05) is 24.3 Å². The summed E-state index contributed by atoms with van der Waals surface area (Å²) >= 11 is 0. The number of aromatic amines is 1. The Hall–Kier alpha value is -2.94. The molecule has 4 rings (SSSR count). The zero-order chi connectivity index (χ0) is 15.8. The van der Waals surface area contributed by atoms with E-state index in [4.69, 9.17) is 9.47 Å². The Kier molecular flexibility index (Phi) is 3.19. The number of nitrogens with one attached hydrogen (secondary N) is 1. The first-order chi connectivity index (χ1) is 11.3. The van der Waals surface area contributed by atoms with Crippen molar-refractivity contribution in [2.24, 2.45) is 0 Å². The van der Waals surface area contributed by atoms with Crippen molar-refractivity contribution in [2.75, 3.05) is 14.2 Å². The van der Waals surface area contributed by atoms with Gasteiger partial charge in [0.25, 0.3) is 0 Å². The van der Waals surface area contributed by atoms with Gasteiger partial charge < -0.3 is 14.5 Å². The fraction of sp³-hybridized carbons (Fsp3) is 0.100. The average molecular weight is 303 g/mol. The number of hydrogen-bond acceptors (Lipinski definition) is 2. The van der Waals surface area contributed by atoms with Crippen molar-refractivity contribution in [3.8, 4) is 22.6 Å². The van der Waals surface area contributed by atoms with Crippen molar-refractivity contribution in [1.29, 1.82) is 0 Å². The third-order valence-electron chi connectivity index (χ3n) is 4.24. The summed E-state index contributed by atoms with van der Waals surface area (Å²) in [5.74, 6) is 1.72. The van der Waals surface area contributed by atoms with Crippen molar-refractivity contribution < 1.29 is 9.47 Å². The molecule has 4 aromatic rings. The van der Waals surface area contributed by atoms with Gasteiger partial charge in [-0.15, -0.1) is 0 Å². The van der Waals surface area contributed by atoms with Gasteiger partial charge in [-0.3, -0.25) is 0 Å². The lowest BCUT2D eigenvalue weighted by atomic mass is 10.0. The minimum absolute atomic E-state index is 0.857. The van der Waals surface area contributed by atoms with Crippen molar-refractivity contribution in [2.45, 2.75) is 0 Å². The van der Waals surface area contributed by atoms with Crippen LogP contribution >= 0.6 is 0 Å². The Labute approximate surface area is 134 Å². The van der Waals surface area contributed by atoms with Crippen LogP contribution in [0.4, 0.5) is 0 Å². The Morgan fingerprint density at radius 2 is 1.48 bits per heavy atom. The molecule has 3 nitrogen and oxygen atoms in total. The number of aromatic nitrogens is 1. The third kappa shape index (κ3) is 2.21. The molecule has 3 heteroatoms. The average Bonchev–Trinajstić information content (AvgIpc) is 2.99. The Morgan fingerprint density at radius 3 is 2.22 bits per heavy atom. The van der Waals surface area contributed by atoms with E-state index in [9.17, 15) is 0 Å². The highest BCUT2D eigenvalue weighted by molar-refractivity contribution is 6.12. The smallest absolute Gasteiger partial charge is 0.120 e. The SMILES string of the molecule is COc1ccc(-c2cccc3c2[nH]c2cc(OC)ccc23)cc1. The quantitative estimate of drug-likeness (QED) is 0.577. The first-order valence-electron chi connectivity index (χ1n) is 7.53. The predicted molar refractivity (Wildman–Crippen MR) is 94.3 cm³/mol. The number of ether oxygens (including phenoxy) is 2. The molecule has 23 heavy (non-hydrogen) atoms. The third-order valence-corrected chi connectivity index (χ3v) is 4.24. The highest BCUT2D eigenvalue weighted by Crippen LogP contribution is 2.34. The Morgan fingerprint density at radius 1 is 0.739 bits per heavy atom. The van der Waals surface area contributed by atoms with Gasteiger partial charge in [-0.2, -0.15) is 0 Å². The molecule has 114 valence electrons. The summed E-state index contributed by atoms with van der Waals surface area (Å²) in [5, 5.41) is 2.42. The molecular formula is C20H17NO2. The fourth-order valence-electron chi connectivity index (χ4n) is 3.05. The molecule has 0 bridgehead atoms. The van der Waals surface area contributed by atoms with Crippen LogP contribution in [0.3, 0.4) is 0 Å². The normalized spacial score (nSPS) is 11.0. The highest BCUT2D eigenvalue weighted by atomic mass is 16.5. The maximum absolute atomic E-state index is 5.32. The Bertz CT molecular complexity index is 984. The van der Waals surface area contributed by atoms with Gasteiger partial charge in [0.05, 0.1) is 25.3 Å². The molecule has 0 saturated heterocycles. The molecular weight excluding hydrogens is 286 g/mol. The van der Waals surface area contributed by atoms with E-state index in [-0.39, 0.29) is 0 Å². The van der Waals surface area contributed by atoms with Crippen molar-refractivity contribution in [1.82, 2.24) is 4.98 Å². The second-order valence-electron chi connectivity index (χ2n) is 5.49. The fourth-order valence-corrected chi connectivity index (χ4v) is 3.05. The van der Waals surface area contributed by atoms with Gasteiger partial charge in [0.2, 0.25) is 0 Å². The van der Waals surface area contributed by atoms with E-state index in [0.29, 0.717) is 0 Å². The van der Waals surface area contributed by atoms with E-state index in [1.165, 1.54) is 16.3 Å². The van der Waals surface area contributed by atoms with Gasteiger partial charge in [0.15, 0.2) is 0 Å². The summed E-state index contributed by atoms with van der Waals surface area (Å²) in [5.41, 5.74) is 4.57. The summed E-state index contributed by atoms with van der Waals surface area (Å²) in [6, 6.07) is 20.6. The monoisotopic (exact) mass is 303 g/mol. The zero-order valence-electron chi connectivity index (χ0n) is 13.1. The topological polar surface area (TPSA) is 34.2 Å². The number of H-pyrrole nitrogens is 1. The summed E-state index contributed by atoms with van der Waals surface area (Å²) in [4.78, 5) is 3.54. The number of hydrogen-bond donors (Lipinski definition) is 1. The summed E-state index contributed by atoms with van der Waals surface area (Å²) in [6.45, 7) is 0. The lowest BCUT2D eigenvalue weighted by Crippen LogP contribution is -1.83. The first-order valence-corrected chi connectivity index (χ1v) is 7.53. The van der Waals surface area contributed by atoms with E-state index >= 15 is 0 Å². The minimum atomic E-state index is 0.857. The van der Waals surface area contributed by atoms with Crippen LogP contribution in [0.25, 0.3) is 32.9 Å². The molecule has 0 radical (unpaired) electrons. The minimum Gasteiger partial charge on any atom is -0.497 e. The summed E-state index contributed by atoms with van der Waals surface area (Å²) in [6.07, 6.45) is 0. The maximum atomic E-state index is 5.32. The second kappa shape index (κ2) is 5.36.